The number of aromatic nitrogens is 1. The summed E-state index contributed by atoms with van der Waals surface area (Å²) in [5.41, 5.74) is 4.10. The third kappa shape index (κ3) is 2.77. The van der Waals surface area contributed by atoms with Gasteiger partial charge >= 0.3 is 5.97 Å². The number of hydrogen-bond acceptors (Lipinski definition) is 4. The number of pyridine rings is 1. The van der Waals surface area contributed by atoms with E-state index in [9.17, 15) is 9.90 Å². The van der Waals surface area contributed by atoms with E-state index >= 15 is 0 Å². The van der Waals surface area contributed by atoms with Crippen LogP contribution in [0.4, 0.5) is 0 Å². The Kier molecular flexibility index (Phi) is 4.02. The highest BCUT2D eigenvalue weighted by Gasteiger charge is 2.20. The van der Waals surface area contributed by atoms with E-state index in [0.29, 0.717) is 11.8 Å². The van der Waals surface area contributed by atoms with Crippen molar-refractivity contribution >= 4 is 11.5 Å². The number of carboxylic acids is 1. The minimum atomic E-state index is -0.933. The summed E-state index contributed by atoms with van der Waals surface area (Å²) in [4.78, 5) is 15.6. The van der Waals surface area contributed by atoms with Gasteiger partial charge in [-0.05, 0) is 47.7 Å². The van der Waals surface area contributed by atoms with Crippen molar-refractivity contribution in [3.8, 4) is 11.8 Å². The predicted molar refractivity (Wildman–Crippen MR) is 86.1 cm³/mol. The molecule has 1 N–H and O–H groups in total. The molecule has 5 heteroatoms. The second-order valence-corrected chi connectivity index (χ2v) is 5.24. The lowest BCUT2D eigenvalue weighted by Crippen LogP contribution is -2.06. The van der Waals surface area contributed by atoms with E-state index in [1.54, 1.807) is 32.4 Å². The summed E-state index contributed by atoms with van der Waals surface area (Å²) in [5, 5.41) is 9.24. The largest absolute Gasteiger partial charge is 0.481 e. The highest BCUT2D eigenvalue weighted by atomic mass is 16.5. The molecule has 3 rings (SSSR count). The van der Waals surface area contributed by atoms with Crippen LogP contribution in [0.1, 0.15) is 33.5 Å². The fourth-order valence-corrected chi connectivity index (χ4v) is 2.81. The number of rotatable bonds is 4. The smallest absolute Gasteiger partial charge is 0.335 e. The average molecular weight is 311 g/mol. The molecule has 0 amide bonds. The maximum atomic E-state index is 11.3. The summed E-state index contributed by atoms with van der Waals surface area (Å²) >= 11 is 0. The number of allylic oxidation sites excluding steroid dienone is 1. The predicted octanol–water partition coefficient (Wildman–Crippen LogP) is 3.17. The Bertz CT molecular complexity index is 796. The van der Waals surface area contributed by atoms with Crippen LogP contribution in [-0.2, 0) is 6.42 Å². The highest BCUT2D eigenvalue weighted by Crippen LogP contribution is 2.36. The van der Waals surface area contributed by atoms with E-state index in [1.807, 2.05) is 12.1 Å². The second kappa shape index (κ2) is 6.12. The monoisotopic (exact) mass is 311 g/mol. The minimum Gasteiger partial charge on any atom is -0.481 e. The van der Waals surface area contributed by atoms with Crippen LogP contribution in [0.15, 0.2) is 36.4 Å². The van der Waals surface area contributed by atoms with Gasteiger partial charge in [-0.3, -0.25) is 0 Å². The van der Waals surface area contributed by atoms with Crippen LogP contribution in [0.5, 0.6) is 11.8 Å². The Labute approximate surface area is 134 Å². The van der Waals surface area contributed by atoms with Crippen LogP contribution < -0.4 is 9.47 Å². The molecule has 118 valence electrons. The SMILES string of the molecule is COc1ccc(C2=CCCc3ccc(C(=O)O)cc32)c(OC)n1. The number of carboxylic acid groups (broad SMARTS) is 1. The van der Waals surface area contributed by atoms with E-state index in [0.717, 1.165) is 35.1 Å². The molecule has 0 saturated heterocycles. The lowest BCUT2D eigenvalue weighted by molar-refractivity contribution is 0.0697. The molecule has 0 spiro atoms. The highest BCUT2D eigenvalue weighted by molar-refractivity contribution is 5.92. The zero-order valence-electron chi connectivity index (χ0n) is 13.0. The lowest BCUT2D eigenvalue weighted by Gasteiger charge is -2.20. The van der Waals surface area contributed by atoms with Gasteiger partial charge in [-0.15, -0.1) is 0 Å². The normalized spacial score (nSPS) is 13.0. The standard InChI is InChI=1S/C18H17NO4/c1-22-16-9-8-14(17(19-16)23-2)13-5-3-4-11-6-7-12(18(20)21)10-15(11)13/h5-10H,3-4H2,1-2H3,(H,20,21). The second-order valence-electron chi connectivity index (χ2n) is 5.24. The van der Waals surface area contributed by atoms with Gasteiger partial charge in [0.2, 0.25) is 11.8 Å². The molecule has 0 fully saturated rings. The fraction of sp³-hybridized carbons (Fsp3) is 0.222. The quantitative estimate of drug-likeness (QED) is 0.939. The molecule has 1 aromatic carbocycles. The molecule has 23 heavy (non-hydrogen) atoms. The van der Waals surface area contributed by atoms with Crippen LogP contribution in [0.3, 0.4) is 0 Å². The Morgan fingerprint density at radius 3 is 2.65 bits per heavy atom. The number of fused-ring (bicyclic) bond motifs is 1. The molecule has 1 aliphatic carbocycles. The zero-order valence-corrected chi connectivity index (χ0v) is 13.0. The van der Waals surface area contributed by atoms with Crippen LogP contribution in [-0.4, -0.2) is 30.3 Å². The van der Waals surface area contributed by atoms with Crippen molar-refractivity contribution in [3.05, 3.63) is 58.7 Å². The molecule has 0 bridgehead atoms. The molecule has 1 aromatic heterocycles. The maximum Gasteiger partial charge on any atom is 0.335 e. The molecule has 0 saturated carbocycles. The first-order valence-corrected chi connectivity index (χ1v) is 7.30. The van der Waals surface area contributed by atoms with Gasteiger partial charge in [0.25, 0.3) is 0 Å². The summed E-state index contributed by atoms with van der Waals surface area (Å²) < 4.78 is 10.5. The zero-order chi connectivity index (χ0) is 16.4. The number of nitrogens with zero attached hydrogens (tertiary/aromatic N) is 1. The maximum absolute atomic E-state index is 11.3. The first kappa shape index (κ1) is 15.1. The summed E-state index contributed by atoms with van der Waals surface area (Å²) in [6, 6.07) is 8.90. The van der Waals surface area contributed by atoms with Crippen molar-refractivity contribution in [3.63, 3.8) is 0 Å². The van der Waals surface area contributed by atoms with Gasteiger partial charge in [0.05, 0.1) is 19.8 Å². The number of hydrogen-bond donors (Lipinski definition) is 1. The first-order chi connectivity index (χ1) is 11.1. The number of aryl methyl sites for hydroxylation is 1. The summed E-state index contributed by atoms with van der Waals surface area (Å²) in [7, 11) is 3.11. The molecular formula is C18H17NO4. The van der Waals surface area contributed by atoms with Crippen molar-refractivity contribution in [1.82, 2.24) is 4.98 Å². The van der Waals surface area contributed by atoms with Crippen LogP contribution in [0.25, 0.3) is 5.57 Å². The van der Waals surface area contributed by atoms with E-state index in [-0.39, 0.29) is 5.56 Å². The lowest BCUT2D eigenvalue weighted by atomic mass is 9.86. The third-order valence-corrected chi connectivity index (χ3v) is 3.94. The minimum absolute atomic E-state index is 0.275. The van der Waals surface area contributed by atoms with Crippen LogP contribution in [0, 0.1) is 0 Å². The summed E-state index contributed by atoms with van der Waals surface area (Å²) in [6.07, 6.45) is 3.88. The molecule has 5 nitrogen and oxygen atoms in total. The van der Waals surface area contributed by atoms with Crippen LogP contribution >= 0.6 is 0 Å². The molecule has 0 unspecified atom stereocenters. The Morgan fingerprint density at radius 2 is 1.96 bits per heavy atom. The van der Waals surface area contributed by atoms with Gasteiger partial charge in [0.1, 0.15) is 0 Å². The Balaban J connectivity index is 2.14. The number of aromatic carboxylic acids is 1. The van der Waals surface area contributed by atoms with Gasteiger partial charge in [-0.2, -0.15) is 4.98 Å². The van der Waals surface area contributed by atoms with Crippen molar-refractivity contribution in [2.75, 3.05) is 14.2 Å². The van der Waals surface area contributed by atoms with Crippen molar-refractivity contribution < 1.29 is 19.4 Å². The summed E-state index contributed by atoms with van der Waals surface area (Å²) in [6.45, 7) is 0. The van der Waals surface area contributed by atoms with Crippen LogP contribution in [0.2, 0.25) is 0 Å². The Hall–Kier alpha value is -2.82. The van der Waals surface area contributed by atoms with Gasteiger partial charge in [0, 0.05) is 11.6 Å². The Morgan fingerprint density at radius 1 is 1.13 bits per heavy atom. The van der Waals surface area contributed by atoms with Gasteiger partial charge in [-0.1, -0.05) is 12.1 Å². The van der Waals surface area contributed by atoms with Crippen molar-refractivity contribution in [2.24, 2.45) is 0 Å². The van der Waals surface area contributed by atoms with E-state index in [1.165, 1.54) is 0 Å². The van der Waals surface area contributed by atoms with Gasteiger partial charge < -0.3 is 14.6 Å². The average Bonchev–Trinajstić information content (AvgIpc) is 2.60. The molecule has 1 heterocycles. The molecule has 0 atom stereocenters. The topological polar surface area (TPSA) is 68.7 Å². The molecule has 0 aliphatic heterocycles. The third-order valence-electron chi connectivity index (χ3n) is 3.94. The van der Waals surface area contributed by atoms with E-state index < -0.39 is 5.97 Å². The number of carbonyl (C=O) groups is 1. The summed E-state index contributed by atoms with van der Waals surface area (Å²) in [5.74, 6) is 0.00300. The molecular weight excluding hydrogens is 294 g/mol. The molecule has 2 aromatic rings. The fourth-order valence-electron chi connectivity index (χ4n) is 2.81. The molecule has 0 radical (unpaired) electrons. The van der Waals surface area contributed by atoms with Gasteiger partial charge in [-0.25, -0.2) is 4.79 Å². The van der Waals surface area contributed by atoms with E-state index in [2.05, 4.69) is 11.1 Å². The molecule has 1 aliphatic rings. The van der Waals surface area contributed by atoms with Gasteiger partial charge in [0.15, 0.2) is 0 Å². The number of benzene rings is 1. The number of methoxy groups -OCH3 is 2. The van der Waals surface area contributed by atoms with Crippen molar-refractivity contribution in [2.45, 2.75) is 12.8 Å². The number of ether oxygens (including phenoxy) is 2. The van der Waals surface area contributed by atoms with Crippen molar-refractivity contribution in [1.29, 1.82) is 0 Å². The van der Waals surface area contributed by atoms with E-state index in [4.69, 9.17) is 9.47 Å². The first-order valence-electron chi connectivity index (χ1n) is 7.30.